The molecule has 0 bridgehead atoms. The predicted molar refractivity (Wildman–Crippen MR) is 145 cm³/mol. The Balaban J connectivity index is 1.51. The van der Waals surface area contributed by atoms with Crippen molar-refractivity contribution in [2.75, 3.05) is 4.90 Å². The molecule has 1 aliphatic carbocycles. The molecule has 1 amide bonds. The van der Waals surface area contributed by atoms with Crippen molar-refractivity contribution in [2.45, 2.75) is 103 Å². The predicted octanol–water partition coefficient (Wildman–Crippen LogP) is 6.24. The molecule has 2 atom stereocenters. The highest BCUT2D eigenvalue weighted by atomic mass is 16.4. The van der Waals surface area contributed by atoms with Crippen LogP contribution < -0.4 is 10.2 Å². The van der Waals surface area contributed by atoms with Crippen LogP contribution in [0.15, 0.2) is 48.5 Å². The number of aryl methyl sites for hydroxylation is 1. The van der Waals surface area contributed by atoms with Crippen LogP contribution in [-0.2, 0) is 28.0 Å². The van der Waals surface area contributed by atoms with Crippen molar-refractivity contribution in [3.8, 4) is 0 Å². The lowest BCUT2D eigenvalue weighted by Crippen LogP contribution is -2.51. The molecular formula is C31H42N2O3. The van der Waals surface area contributed by atoms with Crippen molar-refractivity contribution in [1.82, 2.24) is 5.32 Å². The van der Waals surface area contributed by atoms with Gasteiger partial charge in [-0.1, -0.05) is 95.3 Å². The molecule has 36 heavy (non-hydrogen) atoms. The lowest BCUT2D eigenvalue weighted by Gasteiger charge is -2.29. The first kappa shape index (κ1) is 26.4. The molecule has 5 heteroatoms. The summed E-state index contributed by atoms with van der Waals surface area (Å²) in [7, 11) is 0. The number of aliphatic carboxylic acids is 1. The summed E-state index contributed by atoms with van der Waals surface area (Å²) in [6.45, 7) is 7.05. The summed E-state index contributed by atoms with van der Waals surface area (Å²) in [5, 5.41) is 13.2. The van der Waals surface area contributed by atoms with Crippen molar-refractivity contribution in [3.63, 3.8) is 0 Å². The minimum Gasteiger partial charge on any atom is -0.480 e. The Morgan fingerprint density at radius 3 is 2.39 bits per heavy atom. The molecule has 5 nitrogen and oxygen atoms in total. The Kier molecular flexibility index (Phi) is 8.50. The van der Waals surface area contributed by atoms with Gasteiger partial charge >= 0.3 is 5.97 Å². The Morgan fingerprint density at radius 1 is 1.03 bits per heavy atom. The number of carbonyl (C=O) groups is 2. The summed E-state index contributed by atoms with van der Waals surface area (Å²) in [6.07, 6.45) is 9.03. The highest BCUT2D eigenvalue weighted by Crippen LogP contribution is 2.31. The third-order valence-corrected chi connectivity index (χ3v) is 8.00. The lowest BCUT2D eigenvalue weighted by atomic mass is 9.85. The van der Waals surface area contributed by atoms with E-state index in [1.807, 2.05) is 23.1 Å². The van der Waals surface area contributed by atoms with Crippen LogP contribution in [0, 0.1) is 5.92 Å². The van der Waals surface area contributed by atoms with Crippen LogP contribution in [0.5, 0.6) is 0 Å². The van der Waals surface area contributed by atoms with E-state index in [0.29, 0.717) is 25.3 Å². The number of carbonyl (C=O) groups excluding carboxylic acids is 1. The summed E-state index contributed by atoms with van der Waals surface area (Å²) in [4.78, 5) is 27.9. The van der Waals surface area contributed by atoms with Crippen LogP contribution in [0.4, 0.5) is 5.69 Å². The van der Waals surface area contributed by atoms with E-state index in [0.717, 1.165) is 29.7 Å². The number of nitrogens with zero attached hydrogens (tertiary/aromatic N) is 1. The Hall–Kier alpha value is -2.66. The molecule has 2 aliphatic rings. The van der Waals surface area contributed by atoms with Gasteiger partial charge in [-0.25, -0.2) is 0 Å². The molecule has 194 valence electrons. The maximum Gasteiger partial charge on any atom is 0.320 e. The van der Waals surface area contributed by atoms with Gasteiger partial charge in [-0.2, -0.15) is 0 Å². The fourth-order valence-electron chi connectivity index (χ4n) is 5.73. The van der Waals surface area contributed by atoms with E-state index in [2.05, 4.69) is 56.4 Å². The molecule has 2 aromatic carbocycles. The van der Waals surface area contributed by atoms with E-state index in [4.69, 9.17) is 0 Å². The average molecular weight is 491 g/mol. The van der Waals surface area contributed by atoms with Gasteiger partial charge in [0.1, 0.15) is 6.04 Å². The van der Waals surface area contributed by atoms with Crippen LogP contribution in [0.25, 0.3) is 0 Å². The number of hydrogen-bond acceptors (Lipinski definition) is 3. The topological polar surface area (TPSA) is 69.6 Å². The zero-order valence-electron chi connectivity index (χ0n) is 22.1. The number of hydrogen-bond donors (Lipinski definition) is 2. The number of rotatable bonds is 8. The van der Waals surface area contributed by atoms with E-state index in [1.165, 1.54) is 37.7 Å². The Morgan fingerprint density at radius 2 is 1.72 bits per heavy atom. The second-order valence-electron chi connectivity index (χ2n) is 11.7. The zero-order chi connectivity index (χ0) is 25.7. The number of carboxylic acid groups (broad SMARTS) is 1. The molecule has 0 spiro atoms. The molecule has 0 radical (unpaired) electrons. The smallest absolute Gasteiger partial charge is 0.320 e. The molecule has 1 unspecified atom stereocenters. The van der Waals surface area contributed by atoms with Crippen LogP contribution in [0.1, 0.15) is 88.8 Å². The van der Waals surface area contributed by atoms with Gasteiger partial charge in [0.05, 0.1) is 12.6 Å². The van der Waals surface area contributed by atoms with Crippen molar-refractivity contribution in [1.29, 1.82) is 0 Å². The summed E-state index contributed by atoms with van der Waals surface area (Å²) in [5.41, 5.74) is 4.47. The molecule has 4 rings (SSSR count). The fraction of sp³-hybridized carbons (Fsp3) is 0.548. The Labute approximate surface area is 216 Å². The van der Waals surface area contributed by atoms with E-state index in [-0.39, 0.29) is 11.3 Å². The minimum atomic E-state index is -0.857. The maximum atomic E-state index is 13.9. The molecule has 2 aromatic rings. The number of carboxylic acids is 1. The summed E-state index contributed by atoms with van der Waals surface area (Å²) in [6, 6.07) is 15.4. The molecule has 1 fully saturated rings. The molecule has 0 saturated heterocycles. The average Bonchev–Trinajstić information content (AvgIpc) is 2.99. The number of fused-ring (bicyclic) bond motifs is 1. The highest BCUT2D eigenvalue weighted by Gasteiger charge is 2.33. The summed E-state index contributed by atoms with van der Waals surface area (Å²) < 4.78 is 0. The van der Waals surface area contributed by atoms with Crippen LogP contribution in [0.3, 0.4) is 0 Å². The van der Waals surface area contributed by atoms with Gasteiger partial charge in [0, 0.05) is 5.69 Å². The van der Waals surface area contributed by atoms with Gasteiger partial charge in [0.2, 0.25) is 5.91 Å². The Bertz CT molecular complexity index is 1030. The standard InChI is InChI=1S/C31H42N2O3/c1-31(2,3)25-17-13-23(14-18-25)21-33-28-12-8-7-11-24(28)16-20-26(29(33)34)32-27(30(35)36)19-15-22-9-5-4-6-10-22/h7-8,11-14,17-18,22,26-27,32H,4-6,9-10,15-16,19-21H2,1-3H3,(H,35,36)/t26?,27-/m1/s1. The van der Waals surface area contributed by atoms with Crippen molar-refractivity contribution in [3.05, 3.63) is 65.2 Å². The SMILES string of the molecule is CC(C)(C)c1ccc(CN2C(=O)C(N[C@H](CCC3CCCCC3)C(=O)O)CCc3ccccc32)cc1. The first-order chi connectivity index (χ1) is 17.2. The lowest BCUT2D eigenvalue weighted by molar-refractivity contribution is -0.140. The van der Waals surface area contributed by atoms with Gasteiger partial charge in [-0.15, -0.1) is 0 Å². The molecule has 2 N–H and O–H groups in total. The van der Waals surface area contributed by atoms with E-state index >= 15 is 0 Å². The van der Waals surface area contributed by atoms with Crippen molar-refractivity contribution >= 4 is 17.6 Å². The second kappa shape index (κ2) is 11.6. The van der Waals surface area contributed by atoms with Crippen LogP contribution >= 0.6 is 0 Å². The normalized spacial score (nSPS) is 20.0. The fourth-order valence-corrected chi connectivity index (χ4v) is 5.73. The molecule has 1 saturated carbocycles. The third kappa shape index (κ3) is 6.56. The first-order valence-corrected chi connectivity index (χ1v) is 13.7. The van der Waals surface area contributed by atoms with Gasteiger partial charge in [0.25, 0.3) is 0 Å². The quantitative estimate of drug-likeness (QED) is 0.460. The van der Waals surface area contributed by atoms with Gasteiger partial charge in [-0.3, -0.25) is 14.9 Å². The number of nitrogens with one attached hydrogen (secondary N) is 1. The van der Waals surface area contributed by atoms with Gasteiger partial charge in [0.15, 0.2) is 0 Å². The van der Waals surface area contributed by atoms with E-state index < -0.39 is 18.1 Å². The van der Waals surface area contributed by atoms with Crippen LogP contribution in [0.2, 0.25) is 0 Å². The second-order valence-corrected chi connectivity index (χ2v) is 11.7. The third-order valence-electron chi connectivity index (χ3n) is 8.00. The number of amides is 1. The molecule has 0 aromatic heterocycles. The number of benzene rings is 2. The van der Waals surface area contributed by atoms with Gasteiger partial charge < -0.3 is 10.0 Å². The summed E-state index contributed by atoms with van der Waals surface area (Å²) >= 11 is 0. The number of para-hydroxylation sites is 1. The maximum absolute atomic E-state index is 13.9. The minimum absolute atomic E-state index is 0.0382. The monoisotopic (exact) mass is 490 g/mol. The van der Waals surface area contributed by atoms with E-state index in [9.17, 15) is 14.7 Å². The summed E-state index contributed by atoms with van der Waals surface area (Å²) in [5.74, 6) is -0.280. The molecule has 1 heterocycles. The van der Waals surface area contributed by atoms with Gasteiger partial charge in [-0.05, 0) is 59.8 Å². The molecular weight excluding hydrogens is 448 g/mol. The first-order valence-electron chi connectivity index (χ1n) is 13.7. The van der Waals surface area contributed by atoms with Crippen LogP contribution in [-0.4, -0.2) is 29.1 Å². The van der Waals surface area contributed by atoms with Crippen molar-refractivity contribution < 1.29 is 14.7 Å². The highest BCUT2D eigenvalue weighted by molar-refractivity contribution is 5.98. The van der Waals surface area contributed by atoms with E-state index in [1.54, 1.807) is 0 Å². The zero-order valence-corrected chi connectivity index (χ0v) is 22.1. The molecule has 1 aliphatic heterocycles. The number of anilines is 1. The van der Waals surface area contributed by atoms with Crippen molar-refractivity contribution in [2.24, 2.45) is 5.92 Å². The largest absolute Gasteiger partial charge is 0.480 e.